The highest BCUT2D eigenvalue weighted by Gasteiger charge is 2.21. The van der Waals surface area contributed by atoms with Gasteiger partial charge in [-0.2, -0.15) is 14.9 Å². The van der Waals surface area contributed by atoms with E-state index in [4.69, 9.17) is 17.3 Å². The first-order valence-electron chi connectivity index (χ1n) is 8.26. The number of halogens is 1. The third-order valence-corrected chi connectivity index (χ3v) is 4.26. The summed E-state index contributed by atoms with van der Waals surface area (Å²) in [4.78, 5) is 36.7. The molecule has 2 amide bonds. The zero-order valence-electron chi connectivity index (χ0n) is 15.1. The Morgan fingerprint density at radius 2 is 1.93 bits per heavy atom. The molecule has 0 spiro atoms. The lowest BCUT2D eigenvalue weighted by Gasteiger charge is -2.12. The Kier molecular flexibility index (Phi) is 5.27. The fourth-order valence-electron chi connectivity index (χ4n) is 2.46. The molecule has 0 aliphatic carbocycles. The molecule has 10 heteroatoms. The molecule has 3 aromatic rings. The van der Waals surface area contributed by atoms with E-state index in [1.165, 1.54) is 23.9 Å². The summed E-state index contributed by atoms with van der Waals surface area (Å²) in [6, 6.07) is 7.21. The molecule has 0 saturated carbocycles. The van der Waals surface area contributed by atoms with E-state index in [1.54, 1.807) is 37.5 Å². The number of hydrogen-bond donors (Lipinski definition) is 2. The van der Waals surface area contributed by atoms with E-state index >= 15 is 0 Å². The maximum atomic E-state index is 12.9. The average molecular weight is 401 g/mol. The van der Waals surface area contributed by atoms with Crippen LogP contribution < -0.4 is 16.6 Å². The zero-order chi connectivity index (χ0) is 20.4. The number of rotatable bonds is 5. The highest BCUT2D eigenvalue weighted by molar-refractivity contribution is 6.30. The van der Waals surface area contributed by atoms with Crippen molar-refractivity contribution in [1.29, 1.82) is 0 Å². The van der Waals surface area contributed by atoms with E-state index in [-0.39, 0.29) is 5.56 Å². The quantitative estimate of drug-likeness (QED) is 0.658. The summed E-state index contributed by atoms with van der Waals surface area (Å²) in [6.07, 6.45) is 3.04. The van der Waals surface area contributed by atoms with E-state index in [0.29, 0.717) is 22.0 Å². The minimum atomic E-state index is -0.939. The van der Waals surface area contributed by atoms with Gasteiger partial charge < -0.3 is 11.1 Å². The van der Waals surface area contributed by atoms with Gasteiger partial charge in [-0.15, -0.1) is 0 Å². The van der Waals surface area contributed by atoms with Crippen molar-refractivity contribution < 1.29 is 9.59 Å². The summed E-state index contributed by atoms with van der Waals surface area (Å²) in [5.74, 6) is -1.44. The normalized spacial score (nSPS) is 11.8. The number of nitrogens with two attached hydrogens (primary N) is 1. The molecule has 0 bridgehead atoms. The highest BCUT2D eigenvalue weighted by Crippen LogP contribution is 2.20. The molecule has 0 fully saturated rings. The third kappa shape index (κ3) is 3.94. The fourth-order valence-corrected chi connectivity index (χ4v) is 2.58. The van der Waals surface area contributed by atoms with Crippen molar-refractivity contribution in [3.63, 3.8) is 0 Å². The Hall–Kier alpha value is -3.46. The van der Waals surface area contributed by atoms with Gasteiger partial charge in [-0.3, -0.25) is 19.1 Å². The van der Waals surface area contributed by atoms with Crippen LogP contribution in [0.3, 0.4) is 0 Å². The number of benzene rings is 1. The van der Waals surface area contributed by atoms with Crippen molar-refractivity contribution in [2.45, 2.75) is 13.0 Å². The van der Waals surface area contributed by atoms with Crippen LogP contribution in [0.5, 0.6) is 0 Å². The molecule has 2 aromatic heterocycles. The topological polar surface area (TPSA) is 125 Å². The average Bonchev–Trinajstić information content (AvgIpc) is 3.08. The van der Waals surface area contributed by atoms with Crippen LogP contribution in [-0.4, -0.2) is 37.4 Å². The molecule has 9 nitrogen and oxygen atoms in total. The van der Waals surface area contributed by atoms with Crippen molar-refractivity contribution >= 4 is 23.4 Å². The fraction of sp³-hybridized carbons (Fsp3) is 0.167. The number of nitrogens with zero attached hydrogens (tertiary/aromatic N) is 4. The zero-order valence-corrected chi connectivity index (χ0v) is 15.8. The summed E-state index contributed by atoms with van der Waals surface area (Å²) >= 11 is 5.93. The molecule has 0 aliphatic rings. The Morgan fingerprint density at radius 3 is 2.50 bits per heavy atom. The number of hydrogen-bond acceptors (Lipinski definition) is 5. The van der Waals surface area contributed by atoms with Gasteiger partial charge >= 0.3 is 0 Å². The van der Waals surface area contributed by atoms with E-state index in [2.05, 4.69) is 15.5 Å². The second-order valence-electron chi connectivity index (χ2n) is 6.14. The van der Waals surface area contributed by atoms with Crippen LogP contribution in [0.4, 0.5) is 0 Å². The molecular formula is C18H17ClN6O3. The summed E-state index contributed by atoms with van der Waals surface area (Å²) in [6.45, 7) is 1.43. The van der Waals surface area contributed by atoms with Crippen LogP contribution >= 0.6 is 11.6 Å². The monoisotopic (exact) mass is 400 g/mol. The van der Waals surface area contributed by atoms with Crippen molar-refractivity contribution in [3.05, 3.63) is 63.7 Å². The van der Waals surface area contributed by atoms with E-state index in [0.717, 1.165) is 4.68 Å². The smallest absolute Gasteiger partial charge is 0.284 e. The Morgan fingerprint density at radius 1 is 1.25 bits per heavy atom. The van der Waals surface area contributed by atoms with Gasteiger partial charge in [0, 0.05) is 17.6 Å². The maximum Gasteiger partial charge on any atom is 0.284 e. The lowest BCUT2D eigenvalue weighted by Crippen LogP contribution is -2.44. The van der Waals surface area contributed by atoms with Crippen molar-refractivity contribution in [2.24, 2.45) is 12.8 Å². The van der Waals surface area contributed by atoms with Crippen LogP contribution in [0.25, 0.3) is 16.9 Å². The molecule has 3 rings (SSSR count). The summed E-state index contributed by atoms with van der Waals surface area (Å²) < 4.78 is 2.59. The largest absolute Gasteiger partial charge is 0.368 e. The molecule has 1 aromatic carbocycles. The van der Waals surface area contributed by atoms with Gasteiger partial charge in [0.25, 0.3) is 11.5 Å². The summed E-state index contributed by atoms with van der Waals surface area (Å²) in [5, 5.41) is 11.3. The summed E-state index contributed by atoms with van der Waals surface area (Å²) in [5.41, 5.74) is 5.76. The molecular weight excluding hydrogens is 384 g/mol. The van der Waals surface area contributed by atoms with Gasteiger partial charge in [-0.05, 0) is 25.1 Å². The molecule has 3 N–H and O–H groups in total. The van der Waals surface area contributed by atoms with Gasteiger partial charge in [-0.1, -0.05) is 23.7 Å². The van der Waals surface area contributed by atoms with Gasteiger partial charge in [0.1, 0.15) is 17.3 Å². The van der Waals surface area contributed by atoms with E-state index in [9.17, 15) is 14.4 Å². The third-order valence-electron chi connectivity index (χ3n) is 4.01. The van der Waals surface area contributed by atoms with Gasteiger partial charge in [0.15, 0.2) is 0 Å². The molecule has 1 unspecified atom stereocenters. The standard InChI is InChI=1S/C18H17ClN6O3/c1-10(16(20)26)22-17(27)14-7-15(11-3-5-12(19)6-4-11)23-25(18(14)28)13-8-21-24(2)9-13/h3-10H,1-2H3,(H2,20,26)(H,22,27). The second-order valence-corrected chi connectivity index (χ2v) is 6.57. The molecule has 2 heterocycles. The second kappa shape index (κ2) is 7.65. The van der Waals surface area contributed by atoms with Crippen LogP contribution in [0.2, 0.25) is 5.02 Å². The van der Waals surface area contributed by atoms with Crippen molar-refractivity contribution in [1.82, 2.24) is 24.9 Å². The Balaban J connectivity index is 2.16. The number of carbonyl (C=O) groups excluding carboxylic acids is 2. The van der Waals surface area contributed by atoms with Gasteiger partial charge in [0.05, 0.1) is 18.1 Å². The first-order valence-corrected chi connectivity index (χ1v) is 8.63. The lowest BCUT2D eigenvalue weighted by molar-refractivity contribution is -0.119. The first-order chi connectivity index (χ1) is 13.3. The van der Waals surface area contributed by atoms with Gasteiger partial charge in [-0.25, -0.2) is 0 Å². The van der Waals surface area contributed by atoms with E-state index in [1.807, 2.05) is 0 Å². The number of aromatic nitrogens is 4. The van der Waals surface area contributed by atoms with Crippen molar-refractivity contribution in [2.75, 3.05) is 0 Å². The predicted octanol–water partition coefficient (Wildman–Crippen LogP) is 0.890. The molecule has 144 valence electrons. The van der Waals surface area contributed by atoms with E-state index < -0.39 is 23.4 Å². The number of aryl methyl sites for hydroxylation is 1. The number of carbonyl (C=O) groups is 2. The lowest BCUT2D eigenvalue weighted by atomic mass is 10.1. The van der Waals surface area contributed by atoms with Gasteiger partial charge in [0.2, 0.25) is 5.91 Å². The minimum Gasteiger partial charge on any atom is -0.368 e. The van der Waals surface area contributed by atoms with Crippen LogP contribution in [0, 0.1) is 0 Å². The number of amides is 2. The highest BCUT2D eigenvalue weighted by atomic mass is 35.5. The Labute approximate surface area is 164 Å². The van der Waals surface area contributed by atoms with Crippen LogP contribution in [0.1, 0.15) is 17.3 Å². The molecule has 0 aliphatic heterocycles. The molecule has 1 atom stereocenters. The van der Waals surface area contributed by atoms with Crippen molar-refractivity contribution in [3.8, 4) is 16.9 Å². The molecule has 28 heavy (non-hydrogen) atoms. The number of nitrogens with one attached hydrogen (secondary N) is 1. The van der Waals surface area contributed by atoms with Crippen LogP contribution in [-0.2, 0) is 11.8 Å². The summed E-state index contributed by atoms with van der Waals surface area (Å²) in [7, 11) is 1.69. The SMILES string of the molecule is CC(NC(=O)c1cc(-c2ccc(Cl)cc2)nn(-c2cnn(C)c2)c1=O)C(N)=O. The Bertz CT molecular complexity index is 1100. The van der Waals surface area contributed by atoms with Crippen LogP contribution in [0.15, 0.2) is 47.5 Å². The minimum absolute atomic E-state index is 0.183. The molecule has 0 radical (unpaired) electrons. The maximum absolute atomic E-state index is 12.9. The predicted molar refractivity (Wildman–Crippen MR) is 103 cm³/mol. The molecule has 0 saturated heterocycles. The number of primary amides is 1. The first kappa shape index (κ1) is 19.3.